The number of rotatable bonds is 21. The lowest BCUT2D eigenvalue weighted by atomic mass is 9.58. The second kappa shape index (κ2) is 21.5. The van der Waals surface area contributed by atoms with Crippen molar-refractivity contribution in [1.82, 2.24) is 0 Å². The molecule has 2 heteroatoms. The summed E-state index contributed by atoms with van der Waals surface area (Å²) >= 11 is 0. The van der Waals surface area contributed by atoms with Crippen LogP contribution in [0.4, 0.5) is 0 Å². The molecular formula is C30H63NO. The van der Waals surface area contributed by atoms with Crippen LogP contribution in [0.2, 0.25) is 0 Å². The van der Waals surface area contributed by atoms with Crippen molar-refractivity contribution < 1.29 is 5.48 Å². The van der Waals surface area contributed by atoms with E-state index in [1.807, 2.05) is 0 Å². The van der Waals surface area contributed by atoms with Gasteiger partial charge in [0.25, 0.3) is 0 Å². The molecule has 3 unspecified atom stereocenters. The first-order chi connectivity index (χ1) is 15.2. The van der Waals surface area contributed by atoms with Crippen LogP contribution in [0.25, 0.3) is 0 Å². The zero-order chi connectivity index (χ0) is 22.6. The van der Waals surface area contributed by atoms with Gasteiger partial charge in [-0.1, -0.05) is 149 Å². The fourth-order valence-corrected chi connectivity index (χ4v) is 6.61. The Balaban J connectivity index is 0.00000961. The van der Waals surface area contributed by atoms with Crippen LogP contribution in [-0.2, 0) is 0 Å². The van der Waals surface area contributed by atoms with Gasteiger partial charge in [0.1, 0.15) is 0 Å². The van der Waals surface area contributed by atoms with Crippen molar-refractivity contribution in [3.63, 3.8) is 0 Å². The summed E-state index contributed by atoms with van der Waals surface area (Å²) in [6.45, 7) is 7.04. The van der Waals surface area contributed by atoms with Crippen LogP contribution in [0.3, 0.4) is 0 Å². The molecule has 0 heterocycles. The molecule has 0 aromatic rings. The molecule has 1 rings (SSSR count). The van der Waals surface area contributed by atoms with Gasteiger partial charge in [0.15, 0.2) is 0 Å². The van der Waals surface area contributed by atoms with E-state index in [2.05, 4.69) is 20.8 Å². The van der Waals surface area contributed by atoms with Crippen molar-refractivity contribution in [2.45, 2.75) is 181 Å². The molecule has 194 valence electrons. The fourth-order valence-electron chi connectivity index (χ4n) is 6.61. The van der Waals surface area contributed by atoms with Crippen molar-refractivity contribution in [2.24, 2.45) is 17.1 Å². The van der Waals surface area contributed by atoms with Crippen LogP contribution in [-0.4, -0.2) is 11.5 Å². The van der Waals surface area contributed by atoms with E-state index in [4.69, 9.17) is 5.73 Å². The zero-order valence-electron chi connectivity index (χ0n) is 22.7. The first-order valence-electron chi connectivity index (χ1n) is 15.0. The van der Waals surface area contributed by atoms with Crippen molar-refractivity contribution in [3.8, 4) is 0 Å². The van der Waals surface area contributed by atoms with Crippen molar-refractivity contribution in [1.29, 1.82) is 0 Å². The molecule has 0 aliphatic heterocycles. The van der Waals surface area contributed by atoms with Crippen LogP contribution in [0.5, 0.6) is 0 Å². The Bertz CT molecular complexity index is 379. The van der Waals surface area contributed by atoms with E-state index in [-0.39, 0.29) is 5.48 Å². The molecule has 3 atom stereocenters. The molecule has 4 N–H and O–H groups in total. The highest BCUT2D eigenvalue weighted by molar-refractivity contribution is 4.96. The topological polar surface area (TPSA) is 57.5 Å². The highest BCUT2D eigenvalue weighted by atomic mass is 16.0. The molecule has 1 aliphatic carbocycles. The van der Waals surface area contributed by atoms with Gasteiger partial charge in [0.05, 0.1) is 0 Å². The second-order valence-corrected chi connectivity index (χ2v) is 11.1. The summed E-state index contributed by atoms with van der Waals surface area (Å²) < 4.78 is 0. The van der Waals surface area contributed by atoms with E-state index in [0.717, 1.165) is 5.92 Å². The zero-order valence-corrected chi connectivity index (χ0v) is 22.7. The van der Waals surface area contributed by atoms with Gasteiger partial charge in [-0.25, -0.2) is 0 Å². The van der Waals surface area contributed by atoms with Crippen LogP contribution in [0.1, 0.15) is 175 Å². The van der Waals surface area contributed by atoms with Crippen molar-refractivity contribution >= 4 is 0 Å². The van der Waals surface area contributed by atoms with E-state index >= 15 is 0 Å². The Labute approximate surface area is 203 Å². The van der Waals surface area contributed by atoms with Crippen LogP contribution in [0, 0.1) is 11.3 Å². The molecule has 0 spiro atoms. The number of unbranched alkanes of at least 4 members (excludes halogenated alkanes) is 14. The van der Waals surface area contributed by atoms with Crippen LogP contribution < -0.4 is 5.73 Å². The van der Waals surface area contributed by atoms with Gasteiger partial charge in [-0.2, -0.15) is 0 Å². The fraction of sp³-hybridized carbons (Fsp3) is 1.00. The maximum Gasteiger partial charge on any atom is 0.00982 e. The predicted molar refractivity (Wildman–Crippen MR) is 145 cm³/mol. The van der Waals surface area contributed by atoms with E-state index in [1.54, 1.807) is 0 Å². The van der Waals surface area contributed by atoms with Gasteiger partial charge in [0.2, 0.25) is 0 Å². The monoisotopic (exact) mass is 453 g/mol. The Hall–Kier alpha value is -0.0800. The molecule has 0 aromatic heterocycles. The third-order valence-corrected chi connectivity index (χ3v) is 8.47. The third kappa shape index (κ3) is 13.0. The number of nitrogens with two attached hydrogens (primary N) is 1. The molecule has 32 heavy (non-hydrogen) atoms. The summed E-state index contributed by atoms with van der Waals surface area (Å²) in [6.07, 6.45) is 34.1. The second-order valence-electron chi connectivity index (χ2n) is 11.1. The highest BCUT2D eigenvalue weighted by Gasteiger charge is 2.43. The summed E-state index contributed by atoms with van der Waals surface area (Å²) in [5.74, 6) is 0.901. The number of hydrogen-bond acceptors (Lipinski definition) is 1. The maximum absolute atomic E-state index is 6.94. The quantitative estimate of drug-likeness (QED) is 0.173. The Morgan fingerprint density at radius 2 is 1.16 bits per heavy atom. The van der Waals surface area contributed by atoms with E-state index in [0.29, 0.717) is 11.5 Å². The molecular weight excluding hydrogens is 390 g/mol. The van der Waals surface area contributed by atoms with Gasteiger partial charge in [0, 0.05) is 6.04 Å². The average molecular weight is 454 g/mol. The minimum atomic E-state index is 0. The van der Waals surface area contributed by atoms with Gasteiger partial charge < -0.3 is 11.2 Å². The largest absolute Gasteiger partial charge is 0.412 e. The lowest BCUT2D eigenvalue weighted by molar-refractivity contribution is 0.0399. The lowest BCUT2D eigenvalue weighted by Crippen LogP contribution is -2.48. The third-order valence-electron chi connectivity index (χ3n) is 8.47. The van der Waals surface area contributed by atoms with Gasteiger partial charge in [-0.05, 0) is 37.0 Å². The standard InChI is InChI=1S/C30H61N.H2O/c1-4-7-8-9-10-11-12-13-14-15-16-17-18-19-20-25-29(31)30(26-6-3)27-22-21-24-28(30)23-5-2;/h28-29H,4-27,31H2,1-3H3;1H2. The highest BCUT2D eigenvalue weighted by Crippen LogP contribution is 2.49. The predicted octanol–water partition coefficient (Wildman–Crippen LogP) is 9.53. The molecule has 0 saturated heterocycles. The average Bonchev–Trinajstić information content (AvgIpc) is 2.78. The van der Waals surface area contributed by atoms with Crippen LogP contribution in [0.15, 0.2) is 0 Å². The molecule has 1 aliphatic rings. The molecule has 2 nitrogen and oxygen atoms in total. The molecule has 1 fully saturated rings. The van der Waals surface area contributed by atoms with E-state index < -0.39 is 0 Å². The minimum absolute atomic E-state index is 0. The lowest BCUT2D eigenvalue weighted by Gasteiger charge is -2.49. The summed E-state index contributed by atoms with van der Waals surface area (Å²) in [6, 6.07) is 0.450. The minimum Gasteiger partial charge on any atom is -0.412 e. The molecule has 0 bridgehead atoms. The van der Waals surface area contributed by atoms with E-state index in [1.165, 1.54) is 154 Å². The Morgan fingerprint density at radius 3 is 1.62 bits per heavy atom. The molecule has 0 aromatic carbocycles. The number of hydrogen-bond donors (Lipinski definition) is 1. The summed E-state index contributed by atoms with van der Waals surface area (Å²) in [5.41, 5.74) is 7.42. The Morgan fingerprint density at radius 1 is 0.656 bits per heavy atom. The molecule has 0 amide bonds. The van der Waals surface area contributed by atoms with Crippen LogP contribution >= 0.6 is 0 Å². The summed E-state index contributed by atoms with van der Waals surface area (Å²) in [4.78, 5) is 0. The van der Waals surface area contributed by atoms with Gasteiger partial charge in [-0.3, -0.25) is 0 Å². The van der Waals surface area contributed by atoms with Crippen molar-refractivity contribution in [2.75, 3.05) is 0 Å². The normalized spacial score (nSPS) is 21.9. The van der Waals surface area contributed by atoms with Gasteiger partial charge in [-0.15, -0.1) is 0 Å². The van der Waals surface area contributed by atoms with Gasteiger partial charge >= 0.3 is 0 Å². The summed E-state index contributed by atoms with van der Waals surface area (Å²) in [5, 5.41) is 0. The first kappa shape index (κ1) is 31.9. The van der Waals surface area contributed by atoms with Crippen molar-refractivity contribution in [3.05, 3.63) is 0 Å². The first-order valence-corrected chi connectivity index (χ1v) is 15.0. The SMILES string of the molecule is CCCCCCCCCCCCCCCCCC(N)C1(CCC)CCCCC1CCC.O. The summed E-state index contributed by atoms with van der Waals surface area (Å²) in [7, 11) is 0. The maximum atomic E-state index is 6.94. The van der Waals surface area contributed by atoms with E-state index in [9.17, 15) is 0 Å². The smallest absolute Gasteiger partial charge is 0.00982 e. The Kier molecular flexibility index (Phi) is 21.4. The molecule has 0 radical (unpaired) electrons. The molecule has 1 saturated carbocycles.